The van der Waals surface area contributed by atoms with Crippen LogP contribution in [0.4, 0.5) is 17.1 Å². The third-order valence-corrected chi connectivity index (χ3v) is 14.5. The minimum absolute atomic E-state index is 0.0307. The minimum Gasteiger partial charge on any atom is -0.455 e. The molecule has 57 heavy (non-hydrogen) atoms. The van der Waals surface area contributed by atoms with E-state index in [0.29, 0.717) is 5.92 Å². The Bertz CT molecular complexity index is 2980. The largest absolute Gasteiger partial charge is 0.455 e. The molecule has 2 heterocycles. The van der Waals surface area contributed by atoms with Gasteiger partial charge in [0.2, 0.25) is 0 Å². The highest BCUT2D eigenvalue weighted by molar-refractivity contribution is 6.13. The van der Waals surface area contributed by atoms with E-state index in [1.165, 1.54) is 104 Å². The van der Waals surface area contributed by atoms with Crippen molar-refractivity contribution in [2.45, 2.75) is 82.5 Å². The van der Waals surface area contributed by atoms with Crippen molar-refractivity contribution in [2.24, 2.45) is 0 Å². The van der Waals surface area contributed by atoms with Gasteiger partial charge in [-0.15, -0.1) is 0 Å². The normalized spacial score (nSPS) is 19.7. The van der Waals surface area contributed by atoms with Gasteiger partial charge in [-0.2, -0.15) is 0 Å². The van der Waals surface area contributed by atoms with E-state index in [9.17, 15) is 0 Å². The molecule has 278 valence electrons. The van der Waals surface area contributed by atoms with E-state index in [1.54, 1.807) is 11.1 Å². The summed E-state index contributed by atoms with van der Waals surface area (Å²) in [7, 11) is 0. The summed E-state index contributed by atoms with van der Waals surface area (Å²) in [6.07, 6.45) is 4.80. The molecular weight excluding hydrogens is 691 g/mol. The average Bonchev–Trinajstić information content (AvgIpc) is 3.73. The van der Waals surface area contributed by atoms with E-state index >= 15 is 0 Å². The number of nitrogens with zero attached hydrogens (tertiary/aromatic N) is 1. The van der Waals surface area contributed by atoms with Crippen LogP contribution >= 0.6 is 0 Å². The molecule has 2 heteroatoms. The fraction of sp³-hybridized carbons (Fsp3) is 0.236. The number of rotatable bonds is 3. The lowest BCUT2D eigenvalue weighted by molar-refractivity contribution is 0.278. The predicted molar refractivity (Wildman–Crippen MR) is 238 cm³/mol. The van der Waals surface area contributed by atoms with Crippen molar-refractivity contribution in [3.8, 4) is 33.4 Å². The van der Waals surface area contributed by atoms with Crippen LogP contribution < -0.4 is 4.90 Å². The lowest BCUT2D eigenvalue weighted by Crippen LogP contribution is -2.44. The predicted octanol–water partition coefficient (Wildman–Crippen LogP) is 15.3. The van der Waals surface area contributed by atoms with Gasteiger partial charge in [0.05, 0.1) is 11.4 Å². The van der Waals surface area contributed by atoms with Gasteiger partial charge in [0.25, 0.3) is 0 Å². The second-order valence-electron chi connectivity index (χ2n) is 18.8. The van der Waals surface area contributed by atoms with Crippen molar-refractivity contribution >= 4 is 39.0 Å². The van der Waals surface area contributed by atoms with E-state index in [4.69, 9.17) is 4.42 Å². The number of anilines is 3. The van der Waals surface area contributed by atoms with Crippen LogP contribution in [-0.4, -0.2) is 0 Å². The van der Waals surface area contributed by atoms with Crippen molar-refractivity contribution in [3.63, 3.8) is 0 Å². The van der Waals surface area contributed by atoms with Gasteiger partial charge in [0, 0.05) is 38.4 Å². The lowest BCUT2D eigenvalue weighted by atomic mass is 9.52. The highest BCUT2D eigenvalue weighted by Gasteiger charge is 2.53. The summed E-state index contributed by atoms with van der Waals surface area (Å²) in [6.45, 7) is 11.9. The first kappa shape index (κ1) is 33.3. The van der Waals surface area contributed by atoms with Crippen LogP contribution in [0.15, 0.2) is 144 Å². The molecule has 1 aromatic heterocycles. The number of hydrogen-bond acceptors (Lipinski definition) is 2. The summed E-state index contributed by atoms with van der Waals surface area (Å²) >= 11 is 0. The van der Waals surface area contributed by atoms with Crippen molar-refractivity contribution < 1.29 is 4.42 Å². The molecule has 8 aromatic rings. The van der Waals surface area contributed by atoms with Gasteiger partial charge < -0.3 is 9.32 Å². The molecule has 1 aliphatic heterocycles. The molecule has 4 aliphatic carbocycles. The van der Waals surface area contributed by atoms with E-state index in [0.717, 1.165) is 16.7 Å². The molecule has 0 N–H and O–H groups in total. The SMILES string of the molecule is CC(C)(C)c1ccc2c(c1)C13CCC(CC1)c1c(-c4cccc5c4oc4c(-c6ccccc6)cccc45)ccc(c13)N2c1ccc2c(c1)C(C)(C)c1ccccc1-2. The van der Waals surface area contributed by atoms with Gasteiger partial charge in [-0.25, -0.2) is 0 Å². The summed E-state index contributed by atoms with van der Waals surface area (Å²) in [4.78, 5) is 2.63. The molecule has 0 unspecified atom stereocenters. The molecule has 1 saturated carbocycles. The van der Waals surface area contributed by atoms with Gasteiger partial charge in [-0.1, -0.05) is 150 Å². The Morgan fingerprint density at radius 2 is 1.21 bits per heavy atom. The van der Waals surface area contributed by atoms with Gasteiger partial charge in [0.15, 0.2) is 0 Å². The number of furan rings is 1. The number of fused-ring (bicyclic) bond motifs is 9. The van der Waals surface area contributed by atoms with Gasteiger partial charge >= 0.3 is 0 Å². The number of para-hydroxylation sites is 2. The van der Waals surface area contributed by atoms with Crippen LogP contribution in [0.1, 0.15) is 99.6 Å². The van der Waals surface area contributed by atoms with Crippen molar-refractivity contribution in [1.29, 1.82) is 0 Å². The molecule has 2 bridgehead atoms. The summed E-state index contributed by atoms with van der Waals surface area (Å²) in [5, 5.41) is 2.36. The zero-order chi connectivity index (χ0) is 38.4. The standard InChI is InChI=1S/C55H47NO/c1-53(2,3)35-21-25-47-46(31-35)55-29-27-34(28-30-55)49-40(41-17-12-19-43-42-18-11-16-37(51(42)57-52(41)43)33-13-7-6-8-14-33)24-26-48(50(49)55)56(47)36-22-23-39-38-15-9-10-20-44(38)54(4,5)45(39)32-36/h6-26,31-32,34H,27-30H2,1-5H3. The maximum absolute atomic E-state index is 7.07. The van der Waals surface area contributed by atoms with Crippen LogP contribution in [0.2, 0.25) is 0 Å². The Morgan fingerprint density at radius 1 is 0.561 bits per heavy atom. The minimum atomic E-state index is -0.0775. The Kier molecular flexibility index (Phi) is 6.65. The van der Waals surface area contributed by atoms with Crippen LogP contribution in [0.3, 0.4) is 0 Å². The Balaban J connectivity index is 1.12. The topological polar surface area (TPSA) is 16.4 Å². The third-order valence-electron chi connectivity index (χ3n) is 14.5. The molecule has 0 amide bonds. The second-order valence-corrected chi connectivity index (χ2v) is 18.8. The van der Waals surface area contributed by atoms with Gasteiger partial charge in [-0.05, 0) is 117 Å². The molecular formula is C55H47NO. The van der Waals surface area contributed by atoms with Crippen LogP contribution in [0.5, 0.6) is 0 Å². The fourth-order valence-corrected chi connectivity index (χ4v) is 11.7. The molecule has 0 atom stereocenters. The zero-order valence-electron chi connectivity index (χ0n) is 33.5. The molecule has 13 rings (SSSR count). The smallest absolute Gasteiger partial charge is 0.143 e. The van der Waals surface area contributed by atoms with Crippen LogP contribution in [-0.2, 0) is 16.2 Å². The molecule has 5 aliphatic rings. The molecule has 0 radical (unpaired) electrons. The van der Waals surface area contributed by atoms with Crippen LogP contribution in [0, 0.1) is 0 Å². The zero-order valence-corrected chi connectivity index (χ0v) is 33.5. The Morgan fingerprint density at radius 3 is 1.98 bits per heavy atom. The lowest BCUT2D eigenvalue weighted by Gasteiger charge is -2.55. The Labute approximate surface area is 335 Å². The molecule has 1 spiro atoms. The fourth-order valence-electron chi connectivity index (χ4n) is 11.7. The first-order valence-corrected chi connectivity index (χ1v) is 21.0. The summed E-state index contributed by atoms with van der Waals surface area (Å²) in [6, 6.07) is 52.7. The highest BCUT2D eigenvalue weighted by atomic mass is 16.3. The van der Waals surface area contributed by atoms with Crippen molar-refractivity contribution in [1.82, 2.24) is 0 Å². The molecule has 1 fully saturated rings. The van der Waals surface area contributed by atoms with Crippen LogP contribution in [0.25, 0.3) is 55.3 Å². The maximum Gasteiger partial charge on any atom is 0.143 e. The quantitative estimate of drug-likeness (QED) is 0.180. The van der Waals surface area contributed by atoms with E-state index in [-0.39, 0.29) is 16.2 Å². The first-order valence-electron chi connectivity index (χ1n) is 21.0. The summed E-state index contributed by atoms with van der Waals surface area (Å²) < 4.78 is 7.07. The third kappa shape index (κ3) is 4.42. The number of benzene rings is 7. The second kappa shape index (κ2) is 11.4. The number of hydrogen-bond donors (Lipinski definition) is 0. The van der Waals surface area contributed by atoms with E-state index < -0.39 is 0 Å². The van der Waals surface area contributed by atoms with Gasteiger partial charge in [0.1, 0.15) is 11.2 Å². The van der Waals surface area contributed by atoms with E-state index in [2.05, 4.69) is 179 Å². The first-order chi connectivity index (χ1) is 27.6. The van der Waals surface area contributed by atoms with Crippen molar-refractivity contribution in [3.05, 3.63) is 173 Å². The monoisotopic (exact) mass is 737 g/mol. The Hall–Kier alpha value is -5.86. The highest BCUT2D eigenvalue weighted by Crippen LogP contribution is 2.66. The van der Waals surface area contributed by atoms with Gasteiger partial charge in [-0.3, -0.25) is 0 Å². The summed E-state index contributed by atoms with van der Waals surface area (Å²) in [5.41, 5.74) is 22.3. The average molecular weight is 738 g/mol. The van der Waals surface area contributed by atoms with E-state index in [1.807, 2.05) is 0 Å². The molecule has 0 saturated heterocycles. The maximum atomic E-state index is 7.07. The summed E-state index contributed by atoms with van der Waals surface area (Å²) in [5.74, 6) is 0.513. The molecule has 7 aromatic carbocycles. The molecule has 2 nitrogen and oxygen atoms in total. The van der Waals surface area contributed by atoms with Crippen molar-refractivity contribution in [2.75, 3.05) is 4.90 Å².